The Hall–Kier alpha value is -1.59. The first-order valence-electron chi connectivity index (χ1n) is 5.31. The first-order chi connectivity index (χ1) is 8.56. The number of thiazole rings is 1. The van der Waals surface area contributed by atoms with E-state index in [1.807, 2.05) is 6.92 Å². The van der Waals surface area contributed by atoms with Crippen molar-refractivity contribution in [1.82, 2.24) is 10.3 Å². The second-order valence-corrected chi connectivity index (χ2v) is 5.51. The van der Waals surface area contributed by atoms with Gasteiger partial charge in [0.15, 0.2) is 0 Å². The van der Waals surface area contributed by atoms with Crippen LogP contribution >= 0.6 is 22.9 Å². The number of aromatic nitrogens is 1. The summed E-state index contributed by atoms with van der Waals surface area (Å²) in [4.78, 5) is 17.1. The van der Waals surface area contributed by atoms with Crippen molar-refractivity contribution >= 4 is 34.5 Å². The first kappa shape index (κ1) is 12.9. The Morgan fingerprint density at radius 3 is 2.94 bits per heavy atom. The van der Waals surface area contributed by atoms with Crippen LogP contribution in [0.3, 0.4) is 0 Å². The van der Waals surface area contributed by atoms with Gasteiger partial charge in [-0.25, -0.2) is 4.98 Å². The molecule has 0 bridgehead atoms. The molecule has 94 valence electrons. The molecule has 0 unspecified atom stereocenters. The molecule has 1 heterocycles. The van der Waals surface area contributed by atoms with Gasteiger partial charge in [0.05, 0.1) is 17.3 Å². The van der Waals surface area contributed by atoms with Crippen LogP contribution in [0.5, 0.6) is 0 Å². The minimum Gasteiger partial charge on any atom is -0.398 e. The van der Waals surface area contributed by atoms with Crippen LogP contribution in [-0.2, 0) is 6.54 Å². The van der Waals surface area contributed by atoms with Gasteiger partial charge in [-0.3, -0.25) is 4.79 Å². The molecule has 1 aromatic heterocycles. The van der Waals surface area contributed by atoms with Crippen LogP contribution < -0.4 is 11.1 Å². The Kier molecular flexibility index (Phi) is 3.84. The topological polar surface area (TPSA) is 68.0 Å². The van der Waals surface area contributed by atoms with Gasteiger partial charge >= 0.3 is 0 Å². The number of hydrogen-bond donors (Lipinski definition) is 2. The van der Waals surface area contributed by atoms with Crippen molar-refractivity contribution < 1.29 is 4.79 Å². The number of aryl methyl sites for hydroxylation is 1. The molecule has 6 heteroatoms. The van der Waals surface area contributed by atoms with Gasteiger partial charge in [-0.05, 0) is 25.1 Å². The van der Waals surface area contributed by atoms with E-state index in [-0.39, 0.29) is 5.91 Å². The van der Waals surface area contributed by atoms with Crippen LogP contribution in [0, 0.1) is 6.92 Å². The predicted molar refractivity (Wildman–Crippen MR) is 73.9 cm³/mol. The van der Waals surface area contributed by atoms with Crippen LogP contribution in [0.4, 0.5) is 5.69 Å². The predicted octanol–water partition coefficient (Wildman–Crippen LogP) is 2.62. The van der Waals surface area contributed by atoms with Gasteiger partial charge in [0.25, 0.3) is 5.91 Å². The van der Waals surface area contributed by atoms with Crippen LogP contribution in [0.15, 0.2) is 24.4 Å². The highest BCUT2D eigenvalue weighted by atomic mass is 35.5. The molecule has 4 nitrogen and oxygen atoms in total. The molecule has 0 aliphatic rings. The fraction of sp³-hybridized carbons (Fsp3) is 0.167. The smallest absolute Gasteiger partial charge is 0.251 e. The van der Waals surface area contributed by atoms with Crippen molar-refractivity contribution in [1.29, 1.82) is 0 Å². The van der Waals surface area contributed by atoms with Gasteiger partial charge in [-0.15, -0.1) is 11.3 Å². The lowest BCUT2D eigenvalue weighted by Crippen LogP contribution is -2.22. The minimum atomic E-state index is -0.189. The van der Waals surface area contributed by atoms with Crippen molar-refractivity contribution in [2.24, 2.45) is 0 Å². The van der Waals surface area contributed by atoms with E-state index < -0.39 is 0 Å². The number of nitrogens with two attached hydrogens (primary N) is 1. The zero-order valence-electron chi connectivity index (χ0n) is 9.74. The van der Waals surface area contributed by atoms with Crippen molar-refractivity contribution in [3.8, 4) is 0 Å². The average molecular weight is 282 g/mol. The largest absolute Gasteiger partial charge is 0.398 e. The van der Waals surface area contributed by atoms with Gasteiger partial charge < -0.3 is 11.1 Å². The molecule has 18 heavy (non-hydrogen) atoms. The molecule has 0 spiro atoms. The third-order valence-corrected chi connectivity index (χ3v) is 3.58. The Labute approximate surface area is 114 Å². The summed E-state index contributed by atoms with van der Waals surface area (Å²) in [6.07, 6.45) is 1.78. The second-order valence-electron chi connectivity index (χ2n) is 3.78. The summed E-state index contributed by atoms with van der Waals surface area (Å²) in [6.45, 7) is 2.39. The Morgan fingerprint density at radius 1 is 1.56 bits per heavy atom. The van der Waals surface area contributed by atoms with E-state index in [0.717, 1.165) is 9.88 Å². The van der Waals surface area contributed by atoms with E-state index in [2.05, 4.69) is 10.3 Å². The summed E-state index contributed by atoms with van der Waals surface area (Å²) >= 11 is 7.35. The molecule has 0 saturated carbocycles. The third-order valence-electron chi connectivity index (χ3n) is 2.33. The maximum atomic E-state index is 11.9. The number of nitrogens with one attached hydrogen (secondary N) is 1. The van der Waals surface area contributed by atoms with Gasteiger partial charge in [0.1, 0.15) is 5.01 Å². The molecule has 0 radical (unpaired) electrons. The Balaban J connectivity index is 2.01. The quantitative estimate of drug-likeness (QED) is 0.850. The standard InChI is InChI=1S/C12H12ClN3OS/c1-7-5-15-11(18-7)6-16-12(17)8-2-3-9(13)10(14)4-8/h2-5H,6,14H2,1H3,(H,16,17). The van der Waals surface area contributed by atoms with Crippen molar-refractivity contribution in [2.45, 2.75) is 13.5 Å². The van der Waals surface area contributed by atoms with Crippen molar-refractivity contribution in [3.63, 3.8) is 0 Å². The lowest BCUT2D eigenvalue weighted by atomic mass is 10.2. The number of carbonyl (C=O) groups excluding carboxylic acids is 1. The zero-order chi connectivity index (χ0) is 13.1. The van der Waals surface area contributed by atoms with E-state index in [9.17, 15) is 4.79 Å². The lowest BCUT2D eigenvalue weighted by molar-refractivity contribution is 0.0951. The molecule has 1 aromatic carbocycles. The number of amides is 1. The molecule has 0 aliphatic heterocycles. The summed E-state index contributed by atoms with van der Waals surface area (Å²) in [7, 11) is 0. The summed E-state index contributed by atoms with van der Waals surface area (Å²) in [6, 6.07) is 4.81. The van der Waals surface area contributed by atoms with E-state index in [0.29, 0.717) is 22.8 Å². The minimum absolute atomic E-state index is 0.189. The van der Waals surface area contributed by atoms with Crippen molar-refractivity contribution in [2.75, 3.05) is 5.73 Å². The summed E-state index contributed by atoms with van der Waals surface area (Å²) in [5.41, 5.74) is 6.54. The van der Waals surface area contributed by atoms with Crippen LogP contribution in [0.25, 0.3) is 0 Å². The van der Waals surface area contributed by atoms with Gasteiger partial charge in [0, 0.05) is 16.6 Å². The van der Waals surface area contributed by atoms with Crippen molar-refractivity contribution in [3.05, 3.63) is 44.9 Å². The van der Waals surface area contributed by atoms with Crippen LogP contribution in [-0.4, -0.2) is 10.9 Å². The van der Waals surface area contributed by atoms with E-state index in [1.165, 1.54) is 0 Å². The number of anilines is 1. The maximum Gasteiger partial charge on any atom is 0.251 e. The van der Waals surface area contributed by atoms with Gasteiger partial charge in [-0.1, -0.05) is 11.6 Å². The molecule has 1 amide bonds. The molecule has 2 rings (SSSR count). The number of benzene rings is 1. The number of carbonyl (C=O) groups is 1. The number of hydrogen-bond acceptors (Lipinski definition) is 4. The fourth-order valence-corrected chi connectivity index (χ4v) is 2.27. The highest BCUT2D eigenvalue weighted by molar-refractivity contribution is 7.11. The molecular weight excluding hydrogens is 270 g/mol. The zero-order valence-corrected chi connectivity index (χ0v) is 11.3. The first-order valence-corrected chi connectivity index (χ1v) is 6.50. The van der Waals surface area contributed by atoms with Crippen LogP contribution in [0.2, 0.25) is 5.02 Å². The fourth-order valence-electron chi connectivity index (χ4n) is 1.43. The molecule has 3 N–H and O–H groups in total. The molecule has 0 fully saturated rings. The summed E-state index contributed by atoms with van der Waals surface area (Å²) < 4.78 is 0. The van der Waals surface area contributed by atoms with E-state index >= 15 is 0 Å². The molecule has 0 aliphatic carbocycles. The normalized spacial score (nSPS) is 10.3. The average Bonchev–Trinajstić information content (AvgIpc) is 2.75. The SMILES string of the molecule is Cc1cnc(CNC(=O)c2ccc(Cl)c(N)c2)s1. The summed E-state index contributed by atoms with van der Waals surface area (Å²) in [5.74, 6) is -0.189. The number of halogens is 1. The number of nitrogen functional groups attached to an aromatic ring is 1. The number of nitrogens with zero attached hydrogens (tertiary/aromatic N) is 1. The Bertz CT molecular complexity index is 582. The third kappa shape index (κ3) is 3.00. The highest BCUT2D eigenvalue weighted by Gasteiger charge is 2.08. The molecule has 0 atom stereocenters. The monoisotopic (exact) mass is 281 g/mol. The van der Waals surface area contributed by atoms with E-state index in [1.54, 1.807) is 35.7 Å². The lowest BCUT2D eigenvalue weighted by Gasteiger charge is -2.05. The maximum absolute atomic E-state index is 11.9. The van der Waals surface area contributed by atoms with Crippen LogP contribution in [0.1, 0.15) is 20.2 Å². The molecule has 0 saturated heterocycles. The van der Waals surface area contributed by atoms with E-state index in [4.69, 9.17) is 17.3 Å². The molecular formula is C12H12ClN3OS. The summed E-state index contributed by atoms with van der Waals surface area (Å²) in [5, 5.41) is 4.11. The van der Waals surface area contributed by atoms with Gasteiger partial charge in [-0.2, -0.15) is 0 Å². The Morgan fingerprint density at radius 2 is 2.33 bits per heavy atom. The number of rotatable bonds is 3. The van der Waals surface area contributed by atoms with Gasteiger partial charge in [0.2, 0.25) is 0 Å². The highest BCUT2D eigenvalue weighted by Crippen LogP contribution is 2.19. The second kappa shape index (κ2) is 5.37. The molecule has 2 aromatic rings.